The number of hydrogen-bond acceptors (Lipinski definition) is 8. The van der Waals surface area contributed by atoms with Gasteiger partial charge in [-0.1, -0.05) is 6.07 Å². The van der Waals surface area contributed by atoms with Crippen LogP contribution in [-0.4, -0.2) is 60.3 Å². The van der Waals surface area contributed by atoms with Crippen LogP contribution in [0.15, 0.2) is 24.4 Å². The van der Waals surface area contributed by atoms with Gasteiger partial charge in [0.15, 0.2) is 6.29 Å². The van der Waals surface area contributed by atoms with E-state index in [9.17, 15) is 20.0 Å². The molecule has 2 amide bonds. The third kappa shape index (κ3) is 3.58. The summed E-state index contributed by atoms with van der Waals surface area (Å²) in [6.07, 6.45) is 3.26. The molecule has 0 radical (unpaired) electrons. The highest BCUT2D eigenvalue weighted by Gasteiger charge is 2.55. The molecule has 0 aromatic carbocycles. The van der Waals surface area contributed by atoms with Crippen LogP contribution in [0.3, 0.4) is 0 Å². The van der Waals surface area contributed by atoms with Gasteiger partial charge >= 0.3 is 6.03 Å². The SMILES string of the molecule is COCCNc1cc(NC(=O)N2c3nc(C=O)ccc3C3(CO)CC2C3)ncc1C#N. The minimum absolute atomic E-state index is 0.0399. The summed E-state index contributed by atoms with van der Waals surface area (Å²) < 4.78 is 5.01. The fourth-order valence-corrected chi connectivity index (χ4v) is 4.24. The number of nitriles is 1. The summed E-state index contributed by atoms with van der Waals surface area (Å²) in [5.41, 5.74) is 1.44. The van der Waals surface area contributed by atoms with E-state index in [1.54, 1.807) is 25.3 Å². The summed E-state index contributed by atoms with van der Waals surface area (Å²) in [7, 11) is 1.58. The van der Waals surface area contributed by atoms with Crippen LogP contribution in [-0.2, 0) is 10.2 Å². The normalized spacial score (nSPS) is 20.8. The van der Waals surface area contributed by atoms with Gasteiger partial charge in [-0.3, -0.25) is 15.0 Å². The molecule has 160 valence electrons. The zero-order chi connectivity index (χ0) is 22.0. The lowest BCUT2D eigenvalue weighted by Gasteiger charge is -2.56. The number of carbonyl (C=O) groups is 2. The van der Waals surface area contributed by atoms with Gasteiger partial charge in [-0.15, -0.1) is 0 Å². The molecule has 1 aliphatic carbocycles. The molecule has 2 bridgehead atoms. The van der Waals surface area contributed by atoms with Crippen molar-refractivity contribution in [3.05, 3.63) is 41.2 Å². The third-order valence-corrected chi connectivity index (χ3v) is 5.84. The minimum atomic E-state index is -0.437. The molecule has 3 N–H and O–H groups in total. The zero-order valence-corrected chi connectivity index (χ0v) is 17.0. The first-order chi connectivity index (χ1) is 15.0. The van der Waals surface area contributed by atoms with E-state index in [0.717, 1.165) is 5.56 Å². The Labute approximate surface area is 178 Å². The fraction of sp³-hybridized carbons (Fsp3) is 0.381. The van der Waals surface area contributed by atoms with Gasteiger partial charge in [0, 0.05) is 42.9 Å². The highest BCUT2D eigenvalue weighted by Crippen LogP contribution is 2.54. The second-order valence-corrected chi connectivity index (χ2v) is 7.67. The van der Waals surface area contributed by atoms with Gasteiger partial charge in [0.25, 0.3) is 0 Å². The summed E-state index contributed by atoms with van der Waals surface area (Å²) in [4.78, 5) is 34.4. The number of rotatable bonds is 7. The van der Waals surface area contributed by atoms with Crippen molar-refractivity contribution in [3.63, 3.8) is 0 Å². The molecule has 1 saturated carbocycles. The second-order valence-electron chi connectivity index (χ2n) is 7.67. The largest absolute Gasteiger partial charge is 0.395 e. The van der Waals surface area contributed by atoms with E-state index in [0.29, 0.717) is 49.3 Å². The molecule has 4 heterocycles. The average molecular weight is 422 g/mol. The Morgan fingerprint density at radius 1 is 1.48 bits per heavy atom. The Kier molecular flexibility index (Phi) is 5.54. The van der Waals surface area contributed by atoms with E-state index >= 15 is 0 Å². The van der Waals surface area contributed by atoms with E-state index in [1.165, 1.54) is 11.1 Å². The lowest BCUT2D eigenvalue weighted by atomic mass is 9.59. The number of aldehydes is 1. The first-order valence-corrected chi connectivity index (χ1v) is 9.86. The van der Waals surface area contributed by atoms with Crippen LogP contribution in [0.4, 0.5) is 22.1 Å². The predicted molar refractivity (Wildman–Crippen MR) is 112 cm³/mol. The molecule has 10 nitrogen and oxygen atoms in total. The smallest absolute Gasteiger partial charge is 0.328 e. The number of methoxy groups -OCH3 is 1. The molecular weight excluding hydrogens is 400 g/mol. The number of nitrogens with zero attached hydrogens (tertiary/aromatic N) is 4. The van der Waals surface area contributed by atoms with Crippen molar-refractivity contribution in [2.24, 2.45) is 0 Å². The monoisotopic (exact) mass is 422 g/mol. The molecule has 1 fully saturated rings. The fourth-order valence-electron chi connectivity index (χ4n) is 4.24. The number of carbonyl (C=O) groups excluding carboxylic acids is 2. The third-order valence-electron chi connectivity index (χ3n) is 5.84. The molecule has 0 atom stereocenters. The van der Waals surface area contributed by atoms with E-state index < -0.39 is 11.4 Å². The van der Waals surface area contributed by atoms with Crippen LogP contribution < -0.4 is 15.5 Å². The Morgan fingerprint density at radius 3 is 2.97 bits per heavy atom. The molecule has 2 aliphatic heterocycles. The Hall–Kier alpha value is -3.55. The number of ether oxygens (including phenoxy) is 1. The molecular formula is C21H22N6O4. The maximum absolute atomic E-state index is 13.2. The van der Waals surface area contributed by atoms with E-state index in [2.05, 4.69) is 26.7 Å². The molecule has 2 aromatic heterocycles. The van der Waals surface area contributed by atoms with Gasteiger partial charge in [-0.2, -0.15) is 5.26 Å². The first-order valence-electron chi connectivity index (χ1n) is 9.86. The Balaban J connectivity index is 1.60. The topological polar surface area (TPSA) is 140 Å². The number of pyridine rings is 2. The van der Waals surface area contributed by atoms with Crippen molar-refractivity contribution in [2.45, 2.75) is 24.3 Å². The quantitative estimate of drug-likeness (QED) is 0.452. The van der Waals surface area contributed by atoms with Crippen LogP contribution in [0, 0.1) is 11.3 Å². The number of aliphatic hydroxyl groups excluding tert-OH is 1. The van der Waals surface area contributed by atoms with Crippen molar-refractivity contribution in [2.75, 3.05) is 42.4 Å². The predicted octanol–water partition coefficient (Wildman–Crippen LogP) is 1.66. The molecule has 0 saturated heterocycles. The molecule has 10 heteroatoms. The number of anilines is 3. The number of amides is 2. The van der Waals surface area contributed by atoms with Gasteiger partial charge in [-0.25, -0.2) is 14.8 Å². The lowest BCUT2D eigenvalue weighted by molar-refractivity contribution is 0.0892. The number of aromatic nitrogens is 2. The Morgan fingerprint density at radius 2 is 2.29 bits per heavy atom. The lowest BCUT2D eigenvalue weighted by Crippen LogP contribution is -2.62. The van der Waals surface area contributed by atoms with Gasteiger partial charge in [-0.05, 0) is 18.9 Å². The van der Waals surface area contributed by atoms with Gasteiger partial charge in [0.1, 0.15) is 23.4 Å². The average Bonchev–Trinajstić information content (AvgIpc) is 2.77. The summed E-state index contributed by atoms with van der Waals surface area (Å²) in [6, 6.07) is 6.43. The van der Waals surface area contributed by atoms with Crippen molar-refractivity contribution in [1.82, 2.24) is 9.97 Å². The minimum Gasteiger partial charge on any atom is -0.395 e. The second kappa shape index (κ2) is 8.29. The standard InChI is InChI=1S/C21H22N6O4/c1-31-5-4-23-17-6-18(24-10-13(17)9-22)26-20(30)27-15-7-21(8-15,12-29)16-3-2-14(11-28)25-19(16)27/h2-3,6,10-11,15,29H,4-5,7-8,12H2,1H3,(H2,23,24,26,30). The molecule has 5 rings (SSSR count). The van der Waals surface area contributed by atoms with Crippen molar-refractivity contribution in [3.8, 4) is 6.07 Å². The Bertz CT molecular complexity index is 1060. The number of urea groups is 1. The van der Waals surface area contributed by atoms with E-state index in [1.807, 2.05) is 0 Å². The first kappa shape index (κ1) is 20.7. The van der Waals surface area contributed by atoms with Crippen LogP contribution >= 0.6 is 0 Å². The zero-order valence-electron chi connectivity index (χ0n) is 17.0. The van der Waals surface area contributed by atoms with Crippen LogP contribution in [0.2, 0.25) is 0 Å². The summed E-state index contributed by atoms with van der Waals surface area (Å²) in [5.74, 6) is 0.654. The van der Waals surface area contributed by atoms with Gasteiger partial charge < -0.3 is 15.2 Å². The number of aliphatic hydroxyl groups is 1. The maximum Gasteiger partial charge on any atom is 0.328 e. The van der Waals surface area contributed by atoms with Crippen molar-refractivity contribution >= 4 is 29.6 Å². The summed E-state index contributed by atoms with van der Waals surface area (Å²) in [5, 5.41) is 25.1. The van der Waals surface area contributed by atoms with Crippen LogP contribution in [0.1, 0.15) is 34.5 Å². The number of hydrogen-bond donors (Lipinski definition) is 3. The van der Waals surface area contributed by atoms with E-state index in [-0.39, 0.29) is 24.2 Å². The summed E-state index contributed by atoms with van der Waals surface area (Å²) in [6.45, 7) is 0.909. The van der Waals surface area contributed by atoms with E-state index in [4.69, 9.17) is 4.74 Å². The van der Waals surface area contributed by atoms with Crippen LogP contribution in [0.5, 0.6) is 0 Å². The van der Waals surface area contributed by atoms with Crippen molar-refractivity contribution in [1.29, 1.82) is 5.26 Å². The highest BCUT2D eigenvalue weighted by molar-refractivity contribution is 6.03. The molecule has 2 aromatic rings. The maximum atomic E-state index is 13.2. The molecule has 0 unspecified atom stereocenters. The number of nitrogens with one attached hydrogen (secondary N) is 2. The molecule has 31 heavy (non-hydrogen) atoms. The summed E-state index contributed by atoms with van der Waals surface area (Å²) >= 11 is 0. The van der Waals surface area contributed by atoms with Crippen molar-refractivity contribution < 1.29 is 19.4 Å². The van der Waals surface area contributed by atoms with Crippen LogP contribution in [0.25, 0.3) is 0 Å². The van der Waals surface area contributed by atoms with Gasteiger partial charge in [0.05, 0.1) is 24.5 Å². The van der Waals surface area contributed by atoms with Gasteiger partial charge in [0.2, 0.25) is 0 Å². The molecule has 0 spiro atoms. The highest BCUT2D eigenvalue weighted by atomic mass is 16.5. The molecule has 3 aliphatic rings.